The second-order valence-corrected chi connectivity index (χ2v) is 8.97. The fourth-order valence-electron chi connectivity index (χ4n) is 4.63. The van der Waals surface area contributed by atoms with E-state index in [-0.39, 0.29) is 5.91 Å². The van der Waals surface area contributed by atoms with Crippen molar-refractivity contribution < 1.29 is 9.53 Å². The molecule has 0 spiro atoms. The van der Waals surface area contributed by atoms with Crippen molar-refractivity contribution >= 4 is 22.5 Å². The Hall–Kier alpha value is -4.03. The van der Waals surface area contributed by atoms with Gasteiger partial charge in [-0.15, -0.1) is 0 Å². The van der Waals surface area contributed by atoms with Crippen LogP contribution in [0.3, 0.4) is 0 Å². The van der Waals surface area contributed by atoms with Crippen LogP contribution in [0.2, 0.25) is 0 Å². The number of carbonyl (C=O) groups is 1. The normalized spacial score (nSPS) is 14.0. The number of benzene rings is 3. The Morgan fingerprint density at radius 1 is 0.972 bits per heavy atom. The van der Waals surface area contributed by atoms with Crippen LogP contribution in [0.25, 0.3) is 22.2 Å². The highest BCUT2D eigenvalue weighted by atomic mass is 16.5. The number of methoxy groups -OCH3 is 1. The Kier molecular flexibility index (Phi) is 7.33. The van der Waals surface area contributed by atoms with Gasteiger partial charge in [-0.1, -0.05) is 60.7 Å². The summed E-state index contributed by atoms with van der Waals surface area (Å²) in [7, 11) is 1.64. The van der Waals surface area contributed by atoms with Crippen molar-refractivity contribution in [1.82, 2.24) is 15.3 Å². The minimum absolute atomic E-state index is 0.233. The number of carbonyl (C=O) groups excluding carboxylic acids is 1. The highest BCUT2D eigenvalue weighted by Gasteiger charge is 2.18. The van der Waals surface area contributed by atoms with Crippen LogP contribution in [-0.4, -0.2) is 48.2 Å². The summed E-state index contributed by atoms with van der Waals surface area (Å²) in [5, 5.41) is 5.30. The molecule has 0 atom stereocenters. The van der Waals surface area contributed by atoms with Crippen LogP contribution in [0.5, 0.6) is 5.75 Å². The second-order valence-electron chi connectivity index (χ2n) is 8.97. The summed E-state index contributed by atoms with van der Waals surface area (Å²) in [6, 6.07) is 27.8. The van der Waals surface area contributed by atoms with E-state index in [4.69, 9.17) is 9.72 Å². The lowest BCUT2D eigenvalue weighted by atomic mass is 10.0. The van der Waals surface area contributed by atoms with E-state index >= 15 is 0 Å². The summed E-state index contributed by atoms with van der Waals surface area (Å²) in [5.74, 6) is 0.481. The zero-order valence-electron chi connectivity index (χ0n) is 20.5. The summed E-state index contributed by atoms with van der Waals surface area (Å²) in [6.45, 7) is 2.95. The van der Waals surface area contributed by atoms with Gasteiger partial charge in [-0.2, -0.15) is 5.10 Å². The van der Waals surface area contributed by atoms with Gasteiger partial charge in [-0.3, -0.25) is 4.79 Å². The van der Waals surface area contributed by atoms with Gasteiger partial charge in [0, 0.05) is 49.1 Å². The van der Waals surface area contributed by atoms with Crippen LogP contribution in [0.4, 0.5) is 0 Å². The van der Waals surface area contributed by atoms with Gasteiger partial charge in [0.1, 0.15) is 5.75 Å². The van der Waals surface area contributed by atoms with Gasteiger partial charge in [0.2, 0.25) is 0 Å². The SMILES string of the molecule is COc1ccccc1-c1cc(C(=O)NN=C2CCN(CCc3ccccc3)CC2)c2ccccc2n1. The van der Waals surface area contributed by atoms with Gasteiger partial charge in [0.15, 0.2) is 0 Å². The summed E-state index contributed by atoms with van der Waals surface area (Å²) in [5.41, 5.74) is 8.04. The van der Waals surface area contributed by atoms with Crippen molar-refractivity contribution in [2.24, 2.45) is 5.10 Å². The maximum atomic E-state index is 13.3. The molecule has 5 rings (SSSR count). The number of piperidine rings is 1. The van der Waals surface area contributed by atoms with Crippen molar-refractivity contribution in [2.75, 3.05) is 26.7 Å². The number of pyridine rings is 1. The Morgan fingerprint density at radius 2 is 1.69 bits per heavy atom. The van der Waals surface area contributed by atoms with Crippen LogP contribution < -0.4 is 10.2 Å². The van der Waals surface area contributed by atoms with Crippen molar-refractivity contribution in [3.63, 3.8) is 0 Å². The zero-order valence-corrected chi connectivity index (χ0v) is 20.5. The number of fused-ring (bicyclic) bond motifs is 1. The molecule has 1 aliphatic rings. The molecule has 6 nitrogen and oxygen atoms in total. The van der Waals surface area contributed by atoms with Crippen molar-refractivity contribution in [3.8, 4) is 17.0 Å². The molecule has 0 bridgehead atoms. The van der Waals surface area contributed by atoms with Crippen molar-refractivity contribution in [3.05, 3.63) is 96.1 Å². The summed E-state index contributed by atoms with van der Waals surface area (Å²) >= 11 is 0. The standard InChI is InChI=1S/C30H30N4O2/c1-36-29-14-8-6-12-25(29)28-21-26(24-11-5-7-13-27(24)31-28)30(35)33-32-23-16-19-34(20-17-23)18-15-22-9-3-2-4-10-22/h2-14,21H,15-20H2,1H3,(H,33,35). The fourth-order valence-corrected chi connectivity index (χ4v) is 4.63. The first-order valence-electron chi connectivity index (χ1n) is 12.4. The summed E-state index contributed by atoms with van der Waals surface area (Å²) in [6.07, 6.45) is 2.77. The van der Waals surface area contributed by atoms with Gasteiger partial charge in [-0.25, -0.2) is 10.4 Å². The van der Waals surface area contributed by atoms with E-state index in [9.17, 15) is 4.79 Å². The third-order valence-corrected chi connectivity index (χ3v) is 6.65. The third-order valence-electron chi connectivity index (χ3n) is 6.65. The predicted octanol–water partition coefficient (Wildman–Crippen LogP) is 5.33. The van der Waals surface area contributed by atoms with Gasteiger partial charge >= 0.3 is 0 Å². The molecule has 182 valence electrons. The van der Waals surface area contributed by atoms with Gasteiger partial charge in [0.05, 0.1) is 23.9 Å². The number of hydrazone groups is 1. The molecular weight excluding hydrogens is 448 g/mol. The van der Waals surface area contributed by atoms with E-state index in [1.54, 1.807) is 7.11 Å². The van der Waals surface area contributed by atoms with E-state index < -0.39 is 0 Å². The van der Waals surface area contributed by atoms with E-state index in [0.717, 1.165) is 61.1 Å². The number of nitrogens with one attached hydrogen (secondary N) is 1. The Bertz CT molecular complexity index is 1370. The maximum absolute atomic E-state index is 13.3. The number of para-hydroxylation sites is 2. The molecule has 1 amide bonds. The molecule has 0 saturated carbocycles. The Balaban J connectivity index is 1.28. The van der Waals surface area contributed by atoms with Crippen molar-refractivity contribution in [1.29, 1.82) is 0 Å². The second kappa shape index (κ2) is 11.1. The number of likely N-dealkylation sites (tertiary alicyclic amines) is 1. The average Bonchev–Trinajstić information content (AvgIpc) is 2.95. The summed E-state index contributed by atoms with van der Waals surface area (Å²) < 4.78 is 5.52. The monoisotopic (exact) mass is 478 g/mol. The average molecular weight is 479 g/mol. The zero-order chi connectivity index (χ0) is 24.7. The van der Waals surface area contributed by atoms with Crippen LogP contribution in [0, 0.1) is 0 Å². The number of hydrogen-bond acceptors (Lipinski definition) is 5. The molecule has 6 heteroatoms. The van der Waals surface area contributed by atoms with Gasteiger partial charge in [0.25, 0.3) is 5.91 Å². The molecule has 2 heterocycles. The topological polar surface area (TPSA) is 66.8 Å². The van der Waals surface area contributed by atoms with E-state index in [2.05, 4.69) is 45.8 Å². The molecule has 0 unspecified atom stereocenters. The molecule has 3 aromatic carbocycles. The largest absolute Gasteiger partial charge is 0.496 e. The Labute approximate surface area is 211 Å². The fraction of sp³-hybridized carbons (Fsp3) is 0.233. The van der Waals surface area contributed by atoms with Crippen molar-refractivity contribution in [2.45, 2.75) is 19.3 Å². The molecule has 1 saturated heterocycles. The molecular formula is C30H30N4O2. The van der Waals surface area contributed by atoms with Gasteiger partial charge < -0.3 is 9.64 Å². The molecule has 0 aliphatic carbocycles. The highest BCUT2D eigenvalue weighted by Crippen LogP contribution is 2.31. The number of ether oxygens (including phenoxy) is 1. The highest BCUT2D eigenvalue weighted by molar-refractivity contribution is 6.07. The molecule has 1 aromatic heterocycles. The number of amides is 1. The van der Waals surface area contributed by atoms with Crippen LogP contribution in [0.15, 0.2) is 90.0 Å². The molecule has 1 fully saturated rings. The molecule has 4 aromatic rings. The predicted molar refractivity (Wildman–Crippen MR) is 144 cm³/mol. The lowest BCUT2D eigenvalue weighted by Gasteiger charge is -2.27. The minimum atomic E-state index is -0.233. The number of nitrogens with zero attached hydrogens (tertiary/aromatic N) is 3. The first kappa shape index (κ1) is 23.7. The van der Waals surface area contributed by atoms with Gasteiger partial charge in [-0.05, 0) is 36.2 Å². The number of aromatic nitrogens is 1. The lowest BCUT2D eigenvalue weighted by Crippen LogP contribution is -2.36. The van der Waals surface area contributed by atoms with E-state index in [0.29, 0.717) is 17.0 Å². The van der Waals surface area contributed by atoms with E-state index in [1.165, 1.54) is 5.56 Å². The summed E-state index contributed by atoms with van der Waals surface area (Å²) in [4.78, 5) is 20.5. The first-order valence-corrected chi connectivity index (χ1v) is 12.4. The van der Waals surface area contributed by atoms with E-state index in [1.807, 2.05) is 54.6 Å². The molecule has 0 radical (unpaired) electrons. The molecule has 1 aliphatic heterocycles. The number of rotatable bonds is 7. The molecule has 36 heavy (non-hydrogen) atoms. The van der Waals surface area contributed by atoms with Crippen LogP contribution in [-0.2, 0) is 6.42 Å². The minimum Gasteiger partial charge on any atom is -0.496 e. The first-order chi connectivity index (χ1) is 17.7. The smallest absolute Gasteiger partial charge is 0.272 e. The van der Waals surface area contributed by atoms with Crippen LogP contribution >= 0.6 is 0 Å². The lowest BCUT2D eigenvalue weighted by molar-refractivity contribution is 0.0956. The number of hydrogen-bond donors (Lipinski definition) is 1. The molecule has 1 N–H and O–H groups in total. The third kappa shape index (κ3) is 5.44. The van der Waals surface area contributed by atoms with Crippen LogP contribution in [0.1, 0.15) is 28.8 Å². The Morgan fingerprint density at radius 3 is 2.50 bits per heavy atom. The maximum Gasteiger partial charge on any atom is 0.272 e. The quantitative estimate of drug-likeness (QED) is 0.365.